The Hall–Kier alpha value is -1.77. The van der Waals surface area contributed by atoms with Gasteiger partial charge < -0.3 is 9.84 Å². The molecule has 0 fully saturated rings. The second-order valence-corrected chi connectivity index (χ2v) is 5.42. The van der Waals surface area contributed by atoms with Gasteiger partial charge in [-0.1, -0.05) is 20.3 Å². The van der Waals surface area contributed by atoms with E-state index in [1.165, 1.54) is 6.08 Å². The average Bonchev–Trinajstić information content (AvgIpc) is 2.41. The molecule has 0 aliphatic heterocycles. The lowest BCUT2D eigenvalue weighted by atomic mass is 9.89. The Morgan fingerprint density at radius 1 is 1.19 bits per heavy atom. The summed E-state index contributed by atoms with van der Waals surface area (Å²) in [4.78, 5) is 11.1. The van der Waals surface area contributed by atoms with Crippen LogP contribution in [-0.4, -0.2) is 17.7 Å². The number of rotatable bonds is 7. The maximum absolute atomic E-state index is 11.1. The monoisotopic (exact) mass is 290 g/mol. The number of hydrogen-bond acceptors (Lipinski definition) is 2. The predicted molar refractivity (Wildman–Crippen MR) is 87.0 cm³/mol. The van der Waals surface area contributed by atoms with Gasteiger partial charge in [-0.05, 0) is 67.5 Å². The van der Waals surface area contributed by atoms with E-state index >= 15 is 0 Å². The first-order chi connectivity index (χ1) is 9.92. The topological polar surface area (TPSA) is 46.5 Å². The van der Waals surface area contributed by atoms with Gasteiger partial charge >= 0.3 is 5.97 Å². The number of carboxylic acids is 1. The molecule has 1 rings (SSSR count). The number of ether oxygens (including phenoxy) is 1. The number of carboxylic acid groups (broad SMARTS) is 1. The van der Waals surface area contributed by atoms with Crippen LogP contribution in [0.3, 0.4) is 0 Å². The molecule has 0 saturated heterocycles. The third kappa shape index (κ3) is 4.35. The highest BCUT2D eigenvalue weighted by atomic mass is 16.5. The van der Waals surface area contributed by atoms with E-state index in [4.69, 9.17) is 9.84 Å². The number of aryl methyl sites for hydroxylation is 1. The summed E-state index contributed by atoms with van der Waals surface area (Å²) in [6.07, 6.45) is 4.00. The smallest absolute Gasteiger partial charge is 0.328 e. The summed E-state index contributed by atoms with van der Waals surface area (Å²) in [6.45, 7) is 10.9. The SMILES string of the molecule is CCCOc1cc(C)c(/C(=C/C(=O)O)CCC)c(C)c1C. The Balaban J connectivity index is 3.36. The van der Waals surface area contributed by atoms with E-state index in [0.29, 0.717) is 6.61 Å². The second-order valence-electron chi connectivity index (χ2n) is 5.42. The normalized spacial score (nSPS) is 11.6. The average molecular weight is 290 g/mol. The Bertz CT molecular complexity index is 542. The van der Waals surface area contributed by atoms with Crippen molar-refractivity contribution < 1.29 is 14.6 Å². The molecule has 0 radical (unpaired) electrons. The van der Waals surface area contributed by atoms with E-state index in [1.807, 2.05) is 26.8 Å². The van der Waals surface area contributed by atoms with Crippen LogP contribution in [-0.2, 0) is 4.79 Å². The summed E-state index contributed by atoms with van der Waals surface area (Å²) >= 11 is 0. The van der Waals surface area contributed by atoms with E-state index in [0.717, 1.165) is 52.8 Å². The van der Waals surface area contributed by atoms with E-state index in [-0.39, 0.29) is 0 Å². The molecule has 0 aromatic heterocycles. The van der Waals surface area contributed by atoms with Gasteiger partial charge in [0.15, 0.2) is 0 Å². The van der Waals surface area contributed by atoms with Crippen molar-refractivity contribution in [2.24, 2.45) is 0 Å². The van der Waals surface area contributed by atoms with E-state index in [1.54, 1.807) is 0 Å². The van der Waals surface area contributed by atoms with Crippen molar-refractivity contribution in [2.75, 3.05) is 6.61 Å². The maximum Gasteiger partial charge on any atom is 0.328 e. The predicted octanol–water partition coefficient (Wildman–Crippen LogP) is 4.67. The fraction of sp³-hybridized carbons (Fsp3) is 0.500. The van der Waals surface area contributed by atoms with Crippen LogP contribution in [0, 0.1) is 20.8 Å². The Labute approximate surface area is 127 Å². The first-order valence-electron chi connectivity index (χ1n) is 7.59. The van der Waals surface area contributed by atoms with Crippen LogP contribution in [0.25, 0.3) is 5.57 Å². The number of benzene rings is 1. The minimum atomic E-state index is -0.888. The van der Waals surface area contributed by atoms with Crippen LogP contribution in [0.2, 0.25) is 0 Å². The van der Waals surface area contributed by atoms with Gasteiger partial charge in [-0.25, -0.2) is 4.79 Å². The fourth-order valence-corrected chi connectivity index (χ4v) is 2.59. The zero-order valence-electron chi connectivity index (χ0n) is 13.7. The van der Waals surface area contributed by atoms with Gasteiger partial charge in [0.1, 0.15) is 5.75 Å². The van der Waals surface area contributed by atoms with E-state index < -0.39 is 5.97 Å². The molecule has 21 heavy (non-hydrogen) atoms. The van der Waals surface area contributed by atoms with Crippen molar-refractivity contribution in [3.63, 3.8) is 0 Å². The van der Waals surface area contributed by atoms with E-state index in [2.05, 4.69) is 13.8 Å². The lowest BCUT2D eigenvalue weighted by Crippen LogP contribution is -2.04. The molecule has 0 amide bonds. The number of hydrogen-bond donors (Lipinski definition) is 1. The summed E-state index contributed by atoms with van der Waals surface area (Å²) in [5.74, 6) is 0.0167. The van der Waals surface area contributed by atoms with Crippen LogP contribution in [0.5, 0.6) is 5.75 Å². The molecule has 0 spiro atoms. The molecule has 0 unspecified atom stereocenters. The van der Waals surface area contributed by atoms with Crippen molar-refractivity contribution in [3.8, 4) is 5.75 Å². The molecule has 3 nitrogen and oxygen atoms in total. The minimum absolute atomic E-state index is 0.700. The maximum atomic E-state index is 11.1. The van der Waals surface area contributed by atoms with Crippen LogP contribution in [0.15, 0.2) is 12.1 Å². The largest absolute Gasteiger partial charge is 0.493 e. The third-order valence-corrected chi connectivity index (χ3v) is 3.65. The molecular formula is C18H26O3. The van der Waals surface area contributed by atoms with Crippen LogP contribution in [0.4, 0.5) is 0 Å². The minimum Gasteiger partial charge on any atom is -0.493 e. The molecule has 0 atom stereocenters. The molecular weight excluding hydrogens is 264 g/mol. The fourth-order valence-electron chi connectivity index (χ4n) is 2.59. The summed E-state index contributed by atoms with van der Waals surface area (Å²) in [5.41, 5.74) is 5.23. The molecule has 0 bridgehead atoms. The third-order valence-electron chi connectivity index (χ3n) is 3.65. The summed E-state index contributed by atoms with van der Waals surface area (Å²) < 4.78 is 5.79. The molecule has 3 heteroatoms. The summed E-state index contributed by atoms with van der Waals surface area (Å²) in [5, 5.41) is 9.09. The zero-order chi connectivity index (χ0) is 16.0. The first kappa shape index (κ1) is 17.3. The Morgan fingerprint density at radius 3 is 2.38 bits per heavy atom. The Kier molecular flexibility index (Phi) is 6.47. The summed E-state index contributed by atoms with van der Waals surface area (Å²) in [6, 6.07) is 2.03. The Morgan fingerprint density at radius 2 is 1.86 bits per heavy atom. The molecule has 1 N–H and O–H groups in total. The molecule has 116 valence electrons. The van der Waals surface area contributed by atoms with Crippen molar-refractivity contribution >= 4 is 11.5 Å². The van der Waals surface area contributed by atoms with E-state index in [9.17, 15) is 4.79 Å². The first-order valence-corrected chi connectivity index (χ1v) is 7.59. The quantitative estimate of drug-likeness (QED) is 0.742. The van der Waals surface area contributed by atoms with Gasteiger partial charge in [-0.15, -0.1) is 0 Å². The van der Waals surface area contributed by atoms with Gasteiger partial charge in [0.05, 0.1) is 6.61 Å². The lowest BCUT2D eigenvalue weighted by Gasteiger charge is -2.19. The number of aliphatic carboxylic acids is 1. The second kappa shape index (κ2) is 7.87. The molecule has 0 heterocycles. The molecule has 0 saturated carbocycles. The zero-order valence-corrected chi connectivity index (χ0v) is 13.7. The molecule has 0 aliphatic carbocycles. The van der Waals surface area contributed by atoms with Gasteiger partial charge in [-0.2, -0.15) is 0 Å². The highest BCUT2D eigenvalue weighted by Gasteiger charge is 2.15. The highest BCUT2D eigenvalue weighted by molar-refractivity contribution is 5.91. The molecule has 0 aliphatic rings. The van der Waals surface area contributed by atoms with Gasteiger partial charge in [0.2, 0.25) is 0 Å². The van der Waals surface area contributed by atoms with Gasteiger partial charge in [0, 0.05) is 6.08 Å². The highest BCUT2D eigenvalue weighted by Crippen LogP contribution is 2.33. The molecule has 1 aromatic rings. The van der Waals surface area contributed by atoms with Crippen molar-refractivity contribution in [1.82, 2.24) is 0 Å². The summed E-state index contributed by atoms with van der Waals surface area (Å²) in [7, 11) is 0. The van der Waals surface area contributed by atoms with Crippen LogP contribution in [0.1, 0.15) is 55.4 Å². The standard InChI is InChI=1S/C18H26O3/c1-6-8-15(11-17(19)20)18-12(3)10-16(21-9-7-2)13(4)14(18)5/h10-11H,6-9H2,1-5H3,(H,19,20)/b15-11+. The number of allylic oxidation sites excluding steroid dienone is 1. The molecule has 1 aromatic carbocycles. The van der Waals surface area contributed by atoms with Crippen LogP contribution >= 0.6 is 0 Å². The lowest BCUT2D eigenvalue weighted by molar-refractivity contribution is -0.131. The van der Waals surface area contributed by atoms with Gasteiger partial charge in [-0.3, -0.25) is 0 Å². The van der Waals surface area contributed by atoms with Crippen molar-refractivity contribution in [2.45, 2.75) is 53.9 Å². The van der Waals surface area contributed by atoms with Gasteiger partial charge in [0.25, 0.3) is 0 Å². The van der Waals surface area contributed by atoms with Crippen LogP contribution < -0.4 is 4.74 Å². The van der Waals surface area contributed by atoms with Crippen molar-refractivity contribution in [1.29, 1.82) is 0 Å². The van der Waals surface area contributed by atoms with Crippen molar-refractivity contribution in [3.05, 3.63) is 34.4 Å². The number of carbonyl (C=O) groups is 1.